The summed E-state index contributed by atoms with van der Waals surface area (Å²) in [6.45, 7) is 4.50. The molecule has 0 aliphatic rings. The van der Waals surface area contributed by atoms with Crippen LogP contribution in [0, 0.1) is 18.3 Å². The first-order valence-corrected chi connectivity index (χ1v) is 5.01. The average molecular weight is 212 g/mol. The third-order valence-electron chi connectivity index (χ3n) is 2.15. The third kappa shape index (κ3) is 5.40. The van der Waals surface area contributed by atoms with Crippen molar-refractivity contribution in [2.45, 2.75) is 32.4 Å². The number of carbonyl (C=O) groups excluding carboxylic acids is 1. The van der Waals surface area contributed by atoms with Gasteiger partial charge in [-0.05, 0) is 5.92 Å². The molecule has 0 aliphatic heterocycles. The van der Waals surface area contributed by atoms with Crippen molar-refractivity contribution in [2.24, 2.45) is 11.7 Å². The summed E-state index contributed by atoms with van der Waals surface area (Å²) >= 11 is 0. The Hall–Kier alpha value is -1.05. The highest BCUT2D eigenvalue weighted by atomic mass is 16.5. The Balaban J connectivity index is 4.17. The fourth-order valence-electron chi connectivity index (χ4n) is 1.09. The van der Waals surface area contributed by atoms with E-state index in [1.807, 2.05) is 13.8 Å². The van der Waals surface area contributed by atoms with Crippen molar-refractivity contribution in [1.82, 2.24) is 5.32 Å². The second kappa shape index (κ2) is 7.27. The van der Waals surface area contributed by atoms with Gasteiger partial charge >= 0.3 is 0 Å². The zero-order chi connectivity index (χ0) is 11.8. The van der Waals surface area contributed by atoms with Crippen LogP contribution < -0.4 is 11.1 Å². The van der Waals surface area contributed by atoms with Gasteiger partial charge in [0.15, 0.2) is 0 Å². The SMILES string of the molecule is C#CCC(N)C(=O)NC(COC)C(C)C. The number of rotatable bonds is 6. The van der Waals surface area contributed by atoms with E-state index in [1.54, 1.807) is 7.11 Å². The van der Waals surface area contributed by atoms with Gasteiger partial charge in [-0.15, -0.1) is 12.3 Å². The number of carbonyl (C=O) groups is 1. The largest absolute Gasteiger partial charge is 0.383 e. The summed E-state index contributed by atoms with van der Waals surface area (Å²) in [5.41, 5.74) is 5.58. The van der Waals surface area contributed by atoms with Gasteiger partial charge < -0.3 is 15.8 Å². The summed E-state index contributed by atoms with van der Waals surface area (Å²) < 4.78 is 5.01. The van der Waals surface area contributed by atoms with Crippen LogP contribution >= 0.6 is 0 Å². The maximum atomic E-state index is 11.5. The number of terminal acetylenes is 1. The van der Waals surface area contributed by atoms with Crippen LogP contribution in [0.5, 0.6) is 0 Å². The molecule has 0 rings (SSSR count). The number of nitrogens with two attached hydrogens (primary N) is 1. The van der Waals surface area contributed by atoms with Crippen LogP contribution in [-0.4, -0.2) is 31.7 Å². The molecule has 0 aliphatic carbocycles. The third-order valence-corrected chi connectivity index (χ3v) is 2.15. The Morgan fingerprint density at radius 1 is 1.60 bits per heavy atom. The van der Waals surface area contributed by atoms with Gasteiger partial charge in [0.2, 0.25) is 5.91 Å². The lowest BCUT2D eigenvalue weighted by Gasteiger charge is -2.22. The first kappa shape index (κ1) is 13.9. The summed E-state index contributed by atoms with van der Waals surface area (Å²) in [5.74, 6) is 2.45. The Bertz CT molecular complexity index is 233. The van der Waals surface area contributed by atoms with Crippen LogP contribution in [0.15, 0.2) is 0 Å². The molecule has 3 N–H and O–H groups in total. The average Bonchev–Trinajstić information content (AvgIpc) is 2.17. The van der Waals surface area contributed by atoms with Crippen LogP contribution in [0.1, 0.15) is 20.3 Å². The van der Waals surface area contributed by atoms with E-state index in [2.05, 4.69) is 11.2 Å². The number of methoxy groups -OCH3 is 1. The second-order valence-electron chi connectivity index (χ2n) is 3.83. The summed E-state index contributed by atoms with van der Waals surface area (Å²) in [5, 5.41) is 2.82. The molecule has 0 radical (unpaired) electrons. The molecule has 0 saturated carbocycles. The number of hydrogen-bond acceptors (Lipinski definition) is 3. The summed E-state index contributed by atoms with van der Waals surface area (Å²) in [6.07, 6.45) is 5.34. The first-order valence-electron chi connectivity index (χ1n) is 5.01. The maximum absolute atomic E-state index is 11.5. The highest BCUT2D eigenvalue weighted by Gasteiger charge is 2.19. The number of nitrogens with one attached hydrogen (secondary N) is 1. The van der Waals surface area contributed by atoms with Gasteiger partial charge in [0.05, 0.1) is 18.7 Å². The molecule has 0 saturated heterocycles. The normalized spacial score (nSPS) is 14.4. The molecule has 2 unspecified atom stereocenters. The molecule has 0 bridgehead atoms. The predicted molar refractivity (Wildman–Crippen MR) is 60.1 cm³/mol. The highest BCUT2D eigenvalue weighted by Crippen LogP contribution is 2.02. The van der Waals surface area contributed by atoms with E-state index in [1.165, 1.54) is 0 Å². The van der Waals surface area contributed by atoms with E-state index in [0.29, 0.717) is 12.5 Å². The molecule has 0 heterocycles. The van der Waals surface area contributed by atoms with Crippen molar-refractivity contribution in [3.05, 3.63) is 0 Å². The highest BCUT2D eigenvalue weighted by molar-refractivity contribution is 5.82. The molecule has 15 heavy (non-hydrogen) atoms. The lowest BCUT2D eigenvalue weighted by Crippen LogP contribution is -2.48. The number of ether oxygens (including phenoxy) is 1. The quantitative estimate of drug-likeness (QED) is 0.615. The number of amides is 1. The molecular formula is C11H20N2O2. The minimum Gasteiger partial charge on any atom is -0.383 e. The minimum atomic E-state index is -0.631. The van der Waals surface area contributed by atoms with Crippen LogP contribution in [0.2, 0.25) is 0 Å². The number of hydrogen-bond donors (Lipinski definition) is 2. The van der Waals surface area contributed by atoms with Crippen LogP contribution in [0.4, 0.5) is 0 Å². The van der Waals surface area contributed by atoms with Crippen molar-refractivity contribution in [2.75, 3.05) is 13.7 Å². The standard InChI is InChI=1S/C11H20N2O2/c1-5-6-9(12)11(14)13-10(7-15-4)8(2)3/h1,8-10H,6-7,12H2,2-4H3,(H,13,14). The van der Waals surface area contributed by atoms with Crippen LogP contribution in [0.25, 0.3) is 0 Å². The summed E-state index contributed by atoms with van der Waals surface area (Å²) in [4.78, 5) is 11.5. The molecule has 4 heteroatoms. The molecule has 1 amide bonds. The van der Waals surface area contributed by atoms with Gasteiger partial charge in [-0.1, -0.05) is 13.8 Å². The maximum Gasteiger partial charge on any atom is 0.238 e. The van der Waals surface area contributed by atoms with Crippen molar-refractivity contribution < 1.29 is 9.53 Å². The summed E-state index contributed by atoms with van der Waals surface area (Å²) in [6, 6.07) is -0.653. The topological polar surface area (TPSA) is 64.4 Å². The minimum absolute atomic E-state index is 0.0219. The van der Waals surface area contributed by atoms with Crippen molar-refractivity contribution in [1.29, 1.82) is 0 Å². The Morgan fingerprint density at radius 2 is 2.20 bits per heavy atom. The van der Waals surface area contributed by atoms with Gasteiger partial charge in [-0.25, -0.2) is 0 Å². The van der Waals surface area contributed by atoms with E-state index in [0.717, 1.165) is 0 Å². The van der Waals surface area contributed by atoms with Crippen molar-refractivity contribution >= 4 is 5.91 Å². The van der Waals surface area contributed by atoms with E-state index in [-0.39, 0.29) is 18.4 Å². The second-order valence-corrected chi connectivity index (χ2v) is 3.83. The molecule has 0 fully saturated rings. The van der Waals surface area contributed by atoms with Gasteiger partial charge in [-0.2, -0.15) is 0 Å². The van der Waals surface area contributed by atoms with Crippen molar-refractivity contribution in [3.8, 4) is 12.3 Å². The lowest BCUT2D eigenvalue weighted by molar-refractivity contribution is -0.123. The molecular weight excluding hydrogens is 192 g/mol. The molecule has 4 nitrogen and oxygen atoms in total. The summed E-state index contributed by atoms with van der Waals surface area (Å²) in [7, 11) is 1.60. The van der Waals surface area contributed by atoms with Crippen LogP contribution in [0.3, 0.4) is 0 Å². The van der Waals surface area contributed by atoms with Gasteiger partial charge in [0, 0.05) is 13.5 Å². The zero-order valence-corrected chi connectivity index (χ0v) is 9.62. The molecule has 2 atom stereocenters. The molecule has 0 aromatic carbocycles. The zero-order valence-electron chi connectivity index (χ0n) is 9.62. The molecule has 0 spiro atoms. The van der Waals surface area contributed by atoms with E-state index >= 15 is 0 Å². The van der Waals surface area contributed by atoms with Gasteiger partial charge in [-0.3, -0.25) is 4.79 Å². The van der Waals surface area contributed by atoms with E-state index in [9.17, 15) is 4.79 Å². The van der Waals surface area contributed by atoms with Gasteiger partial charge in [0.1, 0.15) is 0 Å². The molecule has 0 aromatic rings. The van der Waals surface area contributed by atoms with Gasteiger partial charge in [0.25, 0.3) is 0 Å². The Labute approximate surface area is 91.6 Å². The smallest absolute Gasteiger partial charge is 0.238 e. The molecule has 0 aromatic heterocycles. The van der Waals surface area contributed by atoms with E-state index < -0.39 is 6.04 Å². The Morgan fingerprint density at radius 3 is 2.60 bits per heavy atom. The Kier molecular flexibility index (Phi) is 6.76. The first-order chi connectivity index (χ1) is 7.02. The van der Waals surface area contributed by atoms with Crippen molar-refractivity contribution in [3.63, 3.8) is 0 Å². The molecule has 86 valence electrons. The van der Waals surface area contributed by atoms with Crippen LogP contribution in [-0.2, 0) is 9.53 Å². The fourth-order valence-corrected chi connectivity index (χ4v) is 1.09. The van der Waals surface area contributed by atoms with E-state index in [4.69, 9.17) is 16.9 Å². The predicted octanol–water partition coefficient (Wildman–Crippen LogP) is 0.124. The fraction of sp³-hybridized carbons (Fsp3) is 0.727. The monoisotopic (exact) mass is 212 g/mol. The lowest BCUT2D eigenvalue weighted by atomic mass is 10.0.